The number of fused-ring (bicyclic) bond motifs is 1. The second kappa shape index (κ2) is 7.68. The summed E-state index contributed by atoms with van der Waals surface area (Å²) in [5.74, 6) is 0.764. The van der Waals surface area contributed by atoms with E-state index in [1.54, 1.807) is 6.21 Å². The van der Waals surface area contributed by atoms with E-state index in [1.165, 1.54) is 0 Å². The highest BCUT2D eigenvalue weighted by Gasteiger charge is 2.04. The minimum Gasteiger partial charge on any atom is -0.310 e. The molecule has 0 aliphatic carbocycles. The number of aryl methyl sites for hydroxylation is 1. The lowest BCUT2D eigenvalue weighted by Gasteiger charge is -2.03. The molecule has 0 spiro atoms. The van der Waals surface area contributed by atoms with E-state index in [0.29, 0.717) is 11.9 Å². The molecule has 0 atom stereocenters. The first kappa shape index (κ1) is 16.1. The smallest absolute Gasteiger partial charge is 0.258 e. The second-order valence-corrected chi connectivity index (χ2v) is 5.85. The monoisotopic (exact) mass is 319 g/mol. The molecule has 4 nitrogen and oxygen atoms in total. The molecule has 0 fully saturated rings. The Morgan fingerprint density at radius 3 is 2.79 bits per heavy atom. The van der Waals surface area contributed by atoms with Gasteiger partial charge >= 0.3 is 0 Å². The van der Waals surface area contributed by atoms with Crippen LogP contribution in [-0.4, -0.2) is 16.2 Å². The van der Waals surface area contributed by atoms with Crippen LogP contribution < -0.4 is 5.56 Å². The van der Waals surface area contributed by atoms with Crippen LogP contribution in [0, 0.1) is 0 Å². The first-order chi connectivity index (χ1) is 11.8. The van der Waals surface area contributed by atoms with E-state index in [9.17, 15) is 4.79 Å². The number of aromatic amines is 1. The molecule has 0 bridgehead atoms. The number of hydrogen-bond acceptors (Lipinski definition) is 3. The average molecular weight is 319 g/mol. The molecule has 0 aliphatic heterocycles. The van der Waals surface area contributed by atoms with Crippen LogP contribution in [-0.2, 0) is 13.0 Å². The Morgan fingerprint density at radius 1 is 1.17 bits per heavy atom. The van der Waals surface area contributed by atoms with Crippen molar-refractivity contribution in [3.63, 3.8) is 0 Å². The van der Waals surface area contributed by atoms with Crippen molar-refractivity contribution in [3.8, 4) is 0 Å². The summed E-state index contributed by atoms with van der Waals surface area (Å²) in [6.45, 7) is 2.75. The van der Waals surface area contributed by atoms with E-state index in [1.807, 2.05) is 48.5 Å². The average Bonchev–Trinajstić information content (AvgIpc) is 2.61. The predicted octanol–water partition coefficient (Wildman–Crippen LogP) is 3.88. The topological polar surface area (TPSA) is 58.1 Å². The van der Waals surface area contributed by atoms with E-state index in [0.717, 1.165) is 41.7 Å². The molecule has 0 aliphatic rings. The Kier molecular flexibility index (Phi) is 5.16. The van der Waals surface area contributed by atoms with Crippen molar-refractivity contribution in [2.75, 3.05) is 0 Å². The Balaban J connectivity index is 1.80. The molecular formula is C20H21N3O. The zero-order valence-electron chi connectivity index (χ0n) is 13.8. The molecule has 2 aromatic carbocycles. The Bertz CT molecular complexity index is 898. The van der Waals surface area contributed by atoms with Crippen LogP contribution in [0.15, 0.2) is 58.3 Å². The molecule has 122 valence electrons. The number of H-pyrrole nitrogens is 1. The van der Waals surface area contributed by atoms with Gasteiger partial charge in [-0.3, -0.25) is 9.79 Å². The molecular weight excluding hydrogens is 298 g/mol. The van der Waals surface area contributed by atoms with Gasteiger partial charge in [0.05, 0.1) is 17.4 Å². The molecule has 3 aromatic rings. The largest absolute Gasteiger partial charge is 0.310 e. The number of nitrogens with one attached hydrogen (secondary N) is 1. The van der Waals surface area contributed by atoms with Crippen LogP contribution in [0.4, 0.5) is 0 Å². The van der Waals surface area contributed by atoms with Crippen molar-refractivity contribution in [1.82, 2.24) is 9.97 Å². The summed E-state index contributed by atoms with van der Waals surface area (Å²) < 4.78 is 0. The van der Waals surface area contributed by atoms with Gasteiger partial charge in [-0.2, -0.15) is 0 Å². The van der Waals surface area contributed by atoms with E-state index >= 15 is 0 Å². The Morgan fingerprint density at radius 2 is 2.00 bits per heavy atom. The summed E-state index contributed by atoms with van der Waals surface area (Å²) >= 11 is 0. The second-order valence-electron chi connectivity index (χ2n) is 5.85. The van der Waals surface area contributed by atoms with Gasteiger partial charge < -0.3 is 4.98 Å². The maximum Gasteiger partial charge on any atom is 0.258 e. The zero-order chi connectivity index (χ0) is 16.8. The molecule has 1 aromatic heterocycles. The summed E-state index contributed by atoms with van der Waals surface area (Å²) in [6.07, 6.45) is 4.72. The van der Waals surface area contributed by atoms with Gasteiger partial charge in [0.15, 0.2) is 0 Å². The zero-order valence-corrected chi connectivity index (χ0v) is 13.8. The van der Waals surface area contributed by atoms with Crippen LogP contribution in [0.2, 0.25) is 0 Å². The maximum absolute atomic E-state index is 12.3. The van der Waals surface area contributed by atoms with E-state index in [4.69, 9.17) is 0 Å². The highest BCUT2D eigenvalue weighted by atomic mass is 16.1. The molecule has 0 radical (unpaired) electrons. The third kappa shape index (κ3) is 3.96. The summed E-state index contributed by atoms with van der Waals surface area (Å²) in [5.41, 5.74) is 2.73. The normalized spacial score (nSPS) is 11.4. The molecule has 3 rings (SSSR count). The van der Waals surface area contributed by atoms with Crippen molar-refractivity contribution < 1.29 is 0 Å². The van der Waals surface area contributed by atoms with Gasteiger partial charge in [-0.1, -0.05) is 49.7 Å². The summed E-state index contributed by atoms with van der Waals surface area (Å²) in [6, 6.07) is 15.8. The van der Waals surface area contributed by atoms with Crippen LogP contribution in [0.1, 0.15) is 36.7 Å². The van der Waals surface area contributed by atoms with Crippen LogP contribution in [0.3, 0.4) is 0 Å². The lowest BCUT2D eigenvalue weighted by atomic mass is 10.1. The number of hydrogen-bond donors (Lipinski definition) is 1. The summed E-state index contributed by atoms with van der Waals surface area (Å²) in [7, 11) is 0. The Labute approximate surface area is 141 Å². The summed E-state index contributed by atoms with van der Waals surface area (Å²) in [5, 5.41) is 0.610. The van der Waals surface area contributed by atoms with Crippen molar-refractivity contribution in [1.29, 1.82) is 0 Å². The quantitative estimate of drug-likeness (QED) is 0.701. The minimum atomic E-state index is -0.0792. The fraction of sp³-hybridized carbons (Fsp3) is 0.250. The maximum atomic E-state index is 12.3. The first-order valence-electron chi connectivity index (χ1n) is 8.33. The molecule has 1 N–H and O–H groups in total. The third-order valence-corrected chi connectivity index (χ3v) is 3.90. The van der Waals surface area contributed by atoms with Gasteiger partial charge in [0.1, 0.15) is 5.82 Å². The molecule has 4 heteroatoms. The lowest BCUT2D eigenvalue weighted by molar-refractivity contribution is 0.753. The highest BCUT2D eigenvalue weighted by Crippen LogP contribution is 2.10. The fourth-order valence-corrected chi connectivity index (χ4v) is 2.59. The van der Waals surface area contributed by atoms with E-state index < -0.39 is 0 Å². The predicted molar refractivity (Wildman–Crippen MR) is 98.7 cm³/mol. The molecule has 24 heavy (non-hydrogen) atoms. The van der Waals surface area contributed by atoms with Crippen molar-refractivity contribution in [2.45, 2.75) is 32.7 Å². The van der Waals surface area contributed by atoms with Gasteiger partial charge in [0, 0.05) is 12.6 Å². The van der Waals surface area contributed by atoms with Gasteiger partial charge in [-0.05, 0) is 29.7 Å². The van der Waals surface area contributed by atoms with Crippen molar-refractivity contribution in [3.05, 3.63) is 75.8 Å². The minimum absolute atomic E-state index is 0.0792. The first-order valence-corrected chi connectivity index (χ1v) is 8.33. The molecule has 0 amide bonds. The summed E-state index contributed by atoms with van der Waals surface area (Å²) in [4.78, 5) is 24.1. The van der Waals surface area contributed by atoms with Gasteiger partial charge in [0.25, 0.3) is 5.56 Å². The number of aliphatic imine (C=N–C) groups is 1. The number of unbranched alkanes of at least 4 members (excludes halogenated alkanes) is 1. The van der Waals surface area contributed by atoms with Crippen LogP contribution >= 0.6 is 0 Å². The number of aromatic nitrogens is 2. The molecule has 1 heterocycles. The van der Waals surface area contributed by atoms with Crippen molar-refractivity contribution >= 4 is 17.1 Å². The van der Waals surface area contributed by atoms with E-state index in [-0.39, 0.29) is 5.56 Å². The Hall–Kier alpha value is -2.75. The van der Waals surface area contributed by atoms with Gasteiger partial charge in [-0.25, -0.2) is 4.98 Å². The van der Waals surface area contributed by atoms with Crippen molar-refractivity contribution in [2.24, 2.45) is 4.99 Å². The fourth-order valence-electron chi connectivity index (χ4n) is 2.59. The van der Waals surface area contributed by atoms with Crippen LogP contribution in [0.25, 0.3) is 10.9 Å². The molecule has 0 saturated carbocycles. The van der Waals surface area contributed by atoms with E-state index in [2.05, 4.69) is 21.9 Å². The lowest BCUT2D eigenvalue weighted by Crippen LogP contribution is -2.12. The van der Waals surface area contributed by atoms with Gasteiger partial charge in [0.2, 0.25) is 0 Å². The highest BCUT2D eigenvalue weighted by molar-refractivity contribution is 5.88. The van der Waals surface area contributed by atoms with Gasteiger partial charge in [-0.15, -0.1) is 0 Å². The number of rotatable bonds is 6. The molecule has 0 saturated heterocycles. The number of benzene rings is 2. The SMILES string of the molecule is CCCCc1nc2ccc(C=NCc3ccccc3)cc2c(=O)[nH]1. The van der Waals surface area contributed by atoms with Crippen LogP contribution in [0.5, 0.6) is 0 Å². The molecule has 0 unspecified atom stereocenters. The standard InChI is InChI=1S/C20H21N3O/c1-2-3-9-19-22-18-11-10-16(12-17(18)20(24)23-19)14-21-13-15-7-5-4-6-8-15/h4-8,10-12,14H,2-3,9,13H2,1H3,(H,22,23,24). The number of nitrogens with zero attached hydrogens (tertiary/aromatic N) is 2. The third-order valence-electron chi connectivity index (χ3n) is 3.90.